The van der Waals surface area contributed by atoms with Gasteiger partial charge in [0.05, 0.1) is 5.69 Å². The summed E-state index contributed by atoms with van der Waals surface area (Å²) in [6.07, 6.45) is 6.66. The summed E-state index contributed by atoms with van der Waals surface area (Å²) in [5, 5.41) is 12.8. The Morgan fingerprint density at radius 2 is 1.70 bits per heavy atom. The highest BCUT2D eigenvalue weighted by Crippen LogP contribution is 2.51. The molecule has 1 saturated heterocycles. The fourth-order valence-electron chi connectivity index (χ4n) is 6.78. The highest BCUT2D eigenvalue weighted by molar-refractivity contribution is 6.01. The Labute approximate surface area is 270 Å². The summed E-state index contributed by atoms with van der Waals surface area (Å²) in [6, 6.07) is 4.68. The van der Waals surface area contributed by atoms with Crippen LogP contribution in [0.4, 0.5) is 10.1 Å². The number of likely N-dealkylation sites (N-methyl/N-ethyl adjacent to an activating group) is 1. The lowest BCUT2D eigenvalue weighted by molar-refractivity contribution is -0.136. The molecule has 1 aromatic heterocycles. The van der Waals surface area contributed by atoms with Gasteiger partial charge in [0.2, 0.25) is 17.7 Å². The number of aromatic nitrogens is 2. The maximum Gasteiger partial charge on any atom is 0.270 e. The van der Waals surface area contributed by atoms with E-state index in [1.54, 1.807) is 41.8 Å². The van der Waals surface area contributed by atoms with Gasteiger partial charge in [-0.1, -0.05) is 19.9 Å². The van der Waals surface area contributed by atoms with Crippen molar-refractivity contribution < 1.29 is 23.6 Å². The number of rotatable bonds is 14. The molecule has 1 aromatic carbocycles. The molecule has 11 nitrogen and oxygen atoms in total. The highest BCUT2D eigenvalue weighted by Gasteiger charge is 2.48. The fourth-order valence-corrected chi connectivity index (χ4v) is 6.78. The number of hydrogen-bond donors (Lipinski definition) is 3. The first kappa shape index (κ1) is 33.6. The number of amides is 4. The smallest absolute Gasteiger partial charge is 0.270 e. The minimum atomic E-state index is -0.859. The average Bonchev–Trinajstić information content (AvgIpc) is 3.96. The van der Waals surface area contributed by atoms with Gasteiger partial charge >= 0.3 is 0 Å². The van der Waals surface area contributed by atoms with Gasteiger partial charge in [-0.2, -0.15) is 5.10 Å². The van der Waals surface area contributed by atoms with Crippen molar-refractivity contribution in [2.24, 2.45) is 17.8 Å². The first-order valence-corrected chi connectivity index (χ1v) is 16.7. The summed E-state index contributed by atoms with van der Waals surface area (Å²) in [7, 11) is 3.97. The normalized spacial score (nSPS) is 20.0. The molecule has 0 spiro atoms. The second-order valence-corrected chi connectivity index (χ2v) is 13.3. The van der Waals surface area contributed by atoms with Crippen LogP contribution in [-0.4, -0.2) is 88.5 Å². The van der Waals surface area contributed by atoms with Crippen LogP contribution in [0.1, 0.15) is 81.3 Å². The van der Waals surface area contributed by atoms with Crippen molar-refractivity contribution in [3.8, 4) is 0 Å². The van der Waals surface area contributed by atoms with E-state index >= 15 is 4.39 Å². The van der Waals surface area contributed by atoms with E-state index in [1.807, 2.05) is 21.0 Å². The van der Waals surface area contributed by atoms with Crippen molar-refractivity contribution >= 4 is 29.3 Å². The largest absolute Gasteiger partial charge is 0.344 e. The van der Waals surface area contributed by atoms with Crippen molar-refractivity contribution in [1.82, 2.24) is 30.2 Å². The van der Waals surface area contributed by atoms with Crippen LogP contribution in [0.15, 0.2) is 30.5 Å². The Balaban J connectivity index is 1.33. The van der Waals surface area contributed by atoms with Gasteiger partial charge in [0.15, 0.2) is 0 Å². The number of benzene rings is 1. The van der Waals surface area contributed by atoms with Crippen LogP contribution in [0.5, 0.6) is 0 Å². The zero-order valence-electron chi connectivity index (χ0n) is 27.6. The van der Waals surface area contributed by atoms with Crippen LogP contribution in [0.25, 0.3) is 0 Å². The number of aryl methyl sites for hydroxylation is 1. The van der Waals surface area contributed by atoms with Crippen LogP contribution >= 0.6 is 0 Å². The van der Waals surface area contributed by atoms with Crippen LogP contribution < -0.4 is 16.0 Å². The Hall–Kier alpha value is -3.80. The molecule has 3 N–H and O–H groups in total. The molecular formula is C34H48FN7O4. The average molecular weight is 638 g/mol. The minimum Gasteiger partial charge on any atom is -0.344 e. The second-order valence-electron chi connectivity index (χ2n) is 13.3. The van der Waals surface area contributed by atoms with Crippen molar-refractivity contribution in [3.05, 3.63) is 47.5 Å². The van der Waals surface area contributed by atoms with Gasteiger partial charge in [0.1, 0.15) is 23.6 Å². The molecule has 2 heterocycles. The van der Waals surface area contributed by atoms with Crippen LogP contribution in [0.2, 0.25) is 0 Å². The lowest BCUT2D eigenvalue weighted by Gasteiger charge is -2.30. The third-order valence-corrected chi connectivity index (χ3v) is 9.92. The SMILES string of the molecule is CCC(=O)N[C@@H](C(=O)N1CC[C@@H](N(C)C)C1)[C@@H](C)c1ccc(NC(=O)[C@@H](NC(=O)c2ccnn2CC)C(C2CC2)C2CC2)c(F)c1. The van der Waals surface area contributed by atoms with Crippen molar-refractivity contribution in [1.29, 1.82) is 0 Å². The molecule has 46 heavy (non-hydrogen) atoms. The van der Waals surface area contributed by atoms with Gasteiger partial charge < -0.3 is 25.8 Å². The third kappa shape index (κ3) is 7.59. The monoisotopic (exact) mass is 637 g/mol. The second kappa shape index (κ2) is 14.3. The molecule has 5 rings (SSSR count). The quantitative estimate of drug-likeness (QED) is 0.292. The van der Waals surface area contributed by atoms with Gasteiger partial charge in [0.25, 0.3) is 5.91 Å². The first-order chi connectivity index (χ1) is 22.0. The highest BCUT2D eigenvalue weighted by atomic mass is 19.1. The summed E-state index contributed by atoms with van der Waals surface area (Å²) in [5.41, 5.74) is 0.902. The van der Waals surface area contributed by atoms with E-state index in [9.17, 15) is 19.2 Å². The molecule has 12 heteroatoms. The molecular weight excluding hydrogens is 589 g/mol. The molecule has 4 amide bonds. The Bertz CT molecular complexity index is 1420. The van der Waals surface area contributed by atoms with Gasteiger partial charge in [-0.3, -0.25) is 23.9 Å². The molecule has 0 unspecified atom stereocenters. The van der Waals surface area contributed by atoms with Gasteiger partial charge in [-0.05, 0) is 94.6 Å². The molecule has 2 aromatic rings. The fraction of sp³-hybridized carbons (Fsp3) is 0.618. The Morgan fingerprint density at radius 3 is 2.26 bits per heavy atom. The molecule has 4 atom stereocenters. The van der Waals surface area contributed by atoms with Gasteiger partial charge in [-0.25, -0.2) is 4.39 Å². The number of nitrogens with zero attached hydrogens (tertiary/aromatic N) is 4. The van der Waals surface area contributed by atoms with E-state index in [1.165, 1.54) is 12.1 Å². The third-order valence-electron chi connectivity index (χ3n) is 9.92. The van der Waals surface area contributed by atoms with E-state index in [0.29, 0.717) is 42.7 Å². The van der Waals surface area contributed by atoms with Crippen LogP contribution in [-0.2, 0) is 20.9 Å². The Morgan fingerprint density at radius 1 is 1.00 bits per heavy atom. The lowest BCUT2D eigenvalue weighted by Crippen LogP contribution is -2.51. The van der Waals surface area contributed by atoms with Crippen LogP contribution in [0, 0.1) is 23.6 Å². The number of nitrogens with one attached hydrogen (secondary N) is 3. The summed E-state index contributed by atoms with van der Waals surface area (Å²) >= 11 is 0. The minimum absolute atomic E-state index is 0.00187. The standard InChI is InChI=1S/C34H48FN7O4/c1-6-28(43)38-30(34(46)41-17-15-24(19-41)40(4)5)20(3)23-12-13-26(25(35)18-23)37-33(45)31(29(21-8-9-21)22-10-11-22)39-32(44)27-14-16-36-42(27)7-2/h12-14,16,18,20-22,24,29-31H,6-11,15,17,19H2,1-5H3,(H,37,45)(H,38,43)(H,39,44)/t20-,24+,30+,31-/m0/s1. The topological polar surface area (TPSA) is 129 Å². The summed E-state index contributed by atoms with van der Waals surface area (Å²) in [6.45, 7) is 7.09. The predicted octanol–water partition coefficient (Wildman–Crippen LogP) is 3.38. The Kier molecular flexibility index (Phi) is 10.4. The van der Waals surface area contributed by atoms with Gasteiger partial charge in [-0.15, -0.1) is 0 Å². The summed E-state index contributed by atoms with van der Waals surface area (Å²) in [4.78, 5) is 57.1. The molecule has 3 aliphatic rings. The molecule has 2 aliphatic carbocycles. The maximum absolute atomic E-state index is 15.7. The maximum atomic E-state index is 15.7. The molecule has 0 radical (unpaired) electrons. The van der Waals surface area contributed by atoms with E-state index in [-0.39, 0.29) is 41.8 Å². The lowest BCUT2D eigenvalue weighted by atomic mass is 9.88. The molecule has 0 bridgehead atoms. The van der Waals surface area contributed by atoms with Gasteiger partial charge in [0, 0.05) is 44.2 Å². The number of carbonyl (C=O) groups is 4. The molecule has 1 aliphatic heterocycles. The van der Waals surface area contributed by atoms with Crippen molar-refractivity contribution in [2.45, 2.75) is 89.9 Å². The zero-order chi connectivity index (χ0) is 33.1. The van der Waals surface area contributed by atoms with E-state index in [2.05, 4.69) is 25.9 Å². The molecule has 250 valence electrons. The zero-order valence-corrected chi connectivity index (χ0v) is 27.6. The first-order valence-electron chi connectivity index (χ1n) is 16.7. The number of carbonyl (C=O) groups excluding carboxylic acids is 4. The number of likely N-dealkylation sites (tertiary alicyclic amines) is 1. The number of hydrogen-bond acceptors (Lipinski definition) is 6. The van der Waals surface area contributed by atoms with E-state index in [4.69, 9.17) is 0 Å². The predicted molar refractivity (Wildman–Crippen MR) is 172 cm³/mol. The number of halogens is 1. The summed E-state index contributed by atoms with van der Waals surface area (Å²) < 4.78 is 17.3. The molecule has 3 fully saturated rings. The van der Waals surface area contributed by atoms with E-state index < -0.39 is 29.7 Å². The number of anilines is 1. The van der Waals surface area contributed by atoms with Crippen molar-refractivity contribution in [3.63, 3.8) is 0 Å². The van der Waals surface area contributed by atoms with Crippen molar-refractivity contribution in [2.75, 3.05) is 32.5 Å². The van der Waals surface area contributed by atoms with Crippen LogP contribution in [0.3, 0.4) is 0 Å². The van der Waals surface area contributed by atoms with E-state index in [0.717, 1.165) is 32.1 Å². The summed E-state index contributed by atoms with van der Waals surface area (Å²) in [5.74, 6) is -1.76. The molecule has 2 saturated carbocycles.